The summed E-state index contributed by atoms with van der Waals surface area (Å²) in [7, 11) is 0. The van der Waals surface area contributed by atoms with Crippen molar-refractivity contribution in [3.63, 3.8) is 0 Å². The number of benzene rings is 2. The van der Waals surface area contributed by atoms with E-state index in [2.05, 4.69) is 15.9 Å². The smallest absolute Gasteiger partial charge is 0.335 e. The second-order valence-electron chi connectivity index (χ2n) is 4.90. The molecule has 22 heavy (non-hydrogen) atoms. The fraction of sp³-hybridized carbons (Fsp3) is 0.235. The first-order valence-electron chi connectivity index (χ1n) is 6.83. The highest BCUT2D eigenvalue weighted by molar-refractivity contribution is 9.10. The summed E-state index contributed by atoms with van der Waals surface area (Å²) in [5.74, 6) is 0.343. The van der Waals surface area contributed by atoms with E-state index in [4.69, 9.17) is 14.6 Å². The van der Waals surface area contributed by atoms with E-state index in [1.165, 1.54) is 12.1 Å². The van der Waals surface area contributed by atoms with E-state index in [9.17, 15) is 4.79 Å². The monoisotopic (exact) mass is 364 g/mol. The lowest BCUT2D eigenvalue weighted by Crippen LogP contribution is -2.09. The average Bonchev–Trinajstić information content (AvgIpc) is 2.49. The summed E-state index contributed by atoms with van der Waals surface area (Å²) in [6.07, 6.45) is 0. The van der Waals surface area contributed by atoms with Gasteiger partial charge in [0.1, 0.15) is 24.7 Å². The summed E-state index contributed by atoms with van der Waals surface area (Å²) < 4.78 is 12.2. The maximum atomic E-state index is 10.9. The SMILES string of the molecule is Cc1cc(OCCOc2cccc(C(=O)O)c2)cc(C)c1Br. The van der Waals surface area contributed by atoms with Gasteiger partial charge in [0.05, 0.1) is 5.56 Å². The Kier molecular flexibility index (Phi) is 5.44. The molecule has 0 fully saturated rings. The van der Waals surface area contributed by atoms with Gasteiger partial charge in [-0.3, -0.25) is 0 Å². The molecule has 0 aliphatic heterocycles. The van der Waals surface area contributed by atoms with Crippen LogP contribution in [0.15, 0.2) is 40.9 Å². The van der Waals surface area contributed by atoms with Crippen molar-refractivity contribution in [3.8, 4) is 11.5 Å². The number of aryl methyl sites for hydroxylation is 2. The summed E-state index contributed by atoms with van der Waals surface area (Å²) in [6.45, 7) is 4.75. The van der Waals surface area contributed by atoms with Crippen LogP contribution in [-0.4, -0.2) is 24.3 Å². The van der Waals surface area contributed by atoms with E-state index < -0.39 is 5.97 Å². The van der Waals surface area contributed by atoms with Crippen LogP contribution in [0.3, 0.4) is 0 Å². The Balaban J connectivity index is 1.87. The molecule has 0 saturated carbocycles. The number of hydrogen-bond acceptors (Lipinski definition) is 3. The zero-order valence-electron chi connectivity index (χ0n) is 12.4. The van der Waals surface area contributed by atoms with Gasteiger partial charge in [0.15, 0.2) is 0 Å². The molecule has 4 nitrogen and oxygen atoms in total. The van der Waals surface area contributed by atoms with Crippen molar-refractivity contribution in [2.24, 2.45) is 0 Å². The number of aromatic carboxylic acids is 1. The van der Waals surface area contributed by atoms with Crippen molar-refractivity contribution in [2.45, 2.75) is 13.8 Å². The standard InChI is InChI=1S/C17H17BrO4/c1-11-8-15(9-12(2)16(11)18)22-7-6-21-14-5-3-4-13(10-14)17(19)20/h3-5,8-10H,6-7H2,1-2H3,(H,19,20). The van der Waals surface area contributed by atoms with Crippen LogP contribution >= 0.6 is 15.9 Å². The number of hydrogen-bond donors (Lipinski definition) is 1. The van der Waals surface area contributed by atoms with E-state index in [-0.39, 0.29) is 5.56 Å². The van der Waals surface area contributed by atoms with Gasteiger partial charge in [-0.1, -0.05) is 22.0 Å². The van der Waals surface area contributed by atoms with Crippen LogP contribution in [0.1, 0.15) is 21.5 Å². The van der Waals surface area contributed by atoms with E-state index in [1.54, 1.807) is 12.1 Å². The molecule has 0 atom stereocenters. The second-order valence-corrected chi connectivity index (χ2v) is 5.69. The lowest BCUT2D eigenvalue weighted by Gasteiger charge is -2.11. The lowest BCUT2D eigenvalue weighted by atomic mass is 10.1. The molecule has 116 valence electrons. The quantitative estimate of drug-likeness (QED) is 0.779. The molecule has 0 saturated heterocycles. The summed E-state index contributed by atoms with van der Waals surface area (Å²) >= 11 is 3.52. The molecule has 0 radical (unpaired) electrons. The second kappa shape index (κ2) is 7.31. The molecule has 2 rings (SSSR count). The summed E-state index contributed by atoms with van der Waals surface area (Å²) in [5, 5.41) is 8.92. The number of halogens is 1. The molecule has 0 unspecified atom stereocenters. The number of carboxylic acid groups (broad SMARTS) is 1. The Hall–Kier alpha value is -2.01. The normalized spacial score (nSPS) is 10.3. The Labute approximate surface area is 137 Å². The molecule has 0 amide bonds. The van der Waals surface area contributed by atoms with Crippen LogP contribution < -0.4 is 9.47 Å². The van der Waals surface area contributed by atoms with Gasteiger partial charge in [0.25, 0.3) is 0 Å². The van der Waals surface area contributed by atoms with Crippen LogP contribution in [0.5, 0.6) is 11.5 Å². The first-order valence-corrected chi connectivity index (χ1v) is 7.62. The third-order valence-electron chi connectivity index (χ3n) is 3.11. The van der Waals surface area contributed by atoms with Crippen LogP contribution in [0.4, 0.5) is 0 Å². The van der Waals surface area contributed by atoms with Gasteiger partial charge in [-0.2, -0.15) is 0 Å². The molecule has 0 heterocycles. The van der Waals surface area contributed by atoms with E-state index in [1.807, 2.05) is 26.0 Å². The zero-order valence-corrected chi connectivity index (χ0v) is 14.0. The molecule has 0 aliphatic carbocycles. The van der Waals surface area contributed by atoms with Crippen LogP contribution in [0.25, 0.3) is 0 Å². The number of rotatable bonds is 6. The van der Waals surface area contributed by atoms with Crippen LogP contribution in [0.2, 0.25) is 0 Å². The average molecular weight is 365 g/mol. The highest BCUT2D eigenvalue weighted by atomic mass is 79.9. The molecule has 0 aliphatic rings. The van der Waals surface area contributed by atoms with Crippen molar-refractivity contribution in [1.82, 2.24) is 0 Å². The molecule has 0 bridgehead atoms. The van der Waals surface area contributed by atoms with Gasteiger partial charge in [-0.15, -0.1) is 0 Å². The van der Waals surface area contributed by atoms with Crippen molar-refractivity contribution in [1.29, 1.82) is 0 Å². The van der Waals surface area contributed by atoms with Gasteiger partial charge in [-0.25, -0.2) is 4.79 Å². The highest BCUT2D eigenvalue weighted by Crippen LogP contribution is 2.26. The van der Waals surface area contributed by atoms with Crippen molar-refractivity contribution in [2.75, 3.05) is 13.2 Å². The minimum absolute atomic E-state index is 0.206. The topological polar surface area (TPSA) is 55.8 Å². The fourth-order valence-electron chi connectivity index (χ4n) is 2.03. The molecule has 2 aromatic carbocycles. The molecule has 0 spiro atoms. The van der Waals surface area contributed by atoms with E-state index in [0.29, 0.717) is 19.0 Å². The maximum Gasteiger partial charge on any atom is 0.335 e. The Bertz CT molecular complexity index is 659. The molecule has 5 heteroatoms. The molecule has 2 aromatic rings. The number of carboxylic acids is 1. The molecule has 0 aromatic heterocycles. The lowest BCUT2D eigenvalue weighted by molar-refractivity contribution is 0.0696. The molecule has 1 N–H and O–H groups in total. The summed E-state index contributed by atoms with van der Waals surface area (Å²) in [6, 6.07) is 10.3. The third-order valence-corrected chi connectivity index (χ3v) is 4.36. The Morgan fingerprint density at radius 1 is 1.05 bits per heavy atom. The van der Waals surface area contributed by atoms with Crippen LogP contribution in [-0.2, 0) is 0 Å². The minimum Gasteiger partial charge on any atom is -0.490 e. The summed E-state index contributed by atoms with van der Waals surface area (Å²) in [4.78, 5) is 10.9. The van der Waals surface area contributed by atoms with Crippen molar-refractivity contribution >= 4 is 21.9 Å². The van der Waals surface area contributed by atoms with Crippen molar-refractivity contribution in [3.05, 3.63) is 57.6 Å². The Morgan fingerprint density at radius 2 is 1.64 bits per heavy atom. The zero-order chi connectivity index (χ0) is 16.1. The van der Waals surface area contributed by atoms with Gasteiger partial charge in [-0.05, 0) is 55.3 Å². The van der Waals surface area contributed by atoms with Crippen LogP contribution in [0, 0.1) is 13.8 Å². The maximum absolute atomic E-state index is 10.9. The van der Waals surface area contributed by atoms with E-state index in [0.717, 1.165) is 21.3 Å². The first kappa shape index (κ1) is 16.4. The third kappa shape index (κ3) is 4.24. The molecular formula is C17H17BrO4. The predicted octanol–water partition coefficient (Wildman–Crippen LogP) is 4.22. The highest BCUT2D eigenvalue weighted by Gasteiger charge is 2.05. The van der Waals surface area contributed by atoms with E-state index >= 15 is 0 Å². The fourth-order valence-corrected chi connectivity index (χ4v) is 2.26. The largest absolute Gasteiger partial charge is 0.490 e. The predicted molar refractivity (Wildman–Crippen MR) is 88.0 cm³/mol. The first-order chi connectivity index (χ1) is 10.5. The van der Waals surface area contributed by atoms with Gasteiger partial charge in [0.2, 0.25) is 0 Å². The Morgan fingerprint density at radius 3 is 2.23 bits per heavy atom. The summed E-state index contributed by atoms with van der Waals surface area (Å²) in [5.41, 5.74) is 2.44. The number of ether oxygens (including phenoxy) is 2. The van der Waals surface area contributed by atoms with Gasteiger partial charge >= 0.3 is 5.97 Å². The van der Waals surface area contributed by atoms with Crippen molar-refractivity contribution < 1.29 is 19.4 Å². The minimum atomic E-state index is -0.970. The van der Waals surface area contributed by atoms with Gasteiger partial charge in [0, 0.05) is 4.47 Å². The number of carbonyl (C=O) groups is 1. The molecular weight excluding hydrogens is 348 g/mol. The van der Waals surface area contributed by atoms with Gasteiger partial charge < -0.3 is 14.6 Å².